The molecule has 1 amide bonds. The highest BCUT2D eigenvalue weighted by Gasteiger charge is 2.20. The third kappa shape index (κ3) is 4.18. The molecule has 1 aromatic carbocycles. The van der Waals surface area contributed by atoms with Gasteiger partial charge in [0.05, 0.1) is 9.82 Å². The maximum atomic E-state index is 11.7. The zero-order valence-corrected chi connectivity index (χ0v) is 11.7. The zero-order valence-electron chi connectivity index (χ0n) is 10.1. The molecule has 0 unspecified atom stereocenters. The van der Waals surface area contributed by atoms with Gasteiger partial charge in [0.15, 0.2) is 0 Å². The van der Waals surface area contributed by atoms with Gasteiger partial charge >= 0.3 is 0 Å². The van der Waals surface area contributed by atoms with E-state index in [1.165, 1.54) is 0 Å². The van der Waals surface area contributed by atoms with Crippen LogP contribution in [0, 0.1) is 10.1 Å². The number of hydrogen-bond acceptors (Lipinski definition) is 5. The largest absolute Gasteiger partial charge is 0.350 e. The highest BCUT2D eigenvalue weighted by molar-refractivity contribution is 8.13. The minimum absolute atomic E-state index is 0.137. The summed E-state index contributed by atoms with van der Waals surface area (Å²) in [6, 6.07) is 2.59. The standard InChI is InChI=1S/C10H11ClN2O5S/c1-6(2)12-10(14)7-3-8(13(15)16)5-9(4-7)19(11,17)18/h3-6H,1-2H3,(H,12,14). The van der Waals surface area contributed by atoms with E-state index in [1.807, 2.05) is 0 Å². The smallest absolute Gasteiger partial charge is 0.271 e. The van der Waals surface area contributed by atoms with E-state index in [9.17, 15) is 23.3 Å². The van der Waals surface area contributed by atoms with Crippen LogP contribution in [-0.4, -0.2) is 25.3 Å². The molecule has 0 bridgehead atoms. The predicted molar refractivity (Wildman–Crippen MR) is 68.7 cm³/mol. The summed E-state index contributed by atoms with van der Waals surface area (Å²) < 4.78 is 22.4. The number of carbonyl (C=O) groups is 1. The maximum absolute atomic E-state index is 11.7. The van der Waals surface area contributed by atoms with E-state index in [0.717, 1.165) is 18.2 Å². The van der Waals surface area contributed by atoms with Crippen LogP contribution in [0.15, 0.2) is 23.1 Å². The first-order valence-electron chi connectivity index (χ1n) is 5.16. The van der Waals surface area contributed by atoms with Gasteiger partial charge < -0.3 is 5.32 Å². The number of non-ortho nitro benzene ring substituents is 1. The first-order valence-corrected chi connectivity index (χ1v) is 7.47. The number of rotatable bonds is 4. The van der Waals surface area contributed by atoms with Crippen molar-refractivity contribution in [3.8, 4) is 0 Å². The first-order chi connectivity index (χ1) is 8.61. The number of nitro groups is 1. The van der Waals surface area contributed by atoms with Crippen molar-refractivity contribution in [1.29, 1.82) is 0 Å². The fourth-order valence-corrected chi connectivity index (χ4v) is 2.10. The number of halogens is 1. The Morgan fingerprint density at radius 3 is 2.37 bits per heavy atom. The Labute approximate surface area is 114 Å². The van der Waals surface area contributed by atoms with E-state index in [2.05, 4.69) is 5.32 Å². The van der Waals surface area contributed by atoms with Crippen LogP contribution >= 0.6 is 10.7 Å². The van der Waals surface area contributed by atoms with Crippen molar-refractivity contribution in [3.63, 3.8) is 0 Å². The van der Waals surface area contributed by atoms with Crippen molar-refractivity contribution in [2.45, 2.75) is 24.8 Å². The summed E-state index contributed by atoms with van der Waals surface area (Å²) in [7, 11) is 0.980. The van der Waals surface area contributed by atoms with Gasteiger partial charge in [0.25, 0.3) is 20.6 Å². The van der Waals surface area contributed by atoms with Gasteiger partial charge in [0.2, 0.25) is 0 Å². The van der Waals surface area contributed by atoms with Crippen LogP contribution in [0.5, 0.6) is 0 Å². The van der Waals surface area contributed by atoms with Gasteiger partial charge in [0.1, 0.15) is 0 Å². The summed E-state index contributed by atoms with van der Waals surface area (Å²) in [4.78, 5) is 21.2. The lowest BCUT2D eigenvalue weighted by Gasteiger charge is -2.08. The number of nitro benzene ring substituents is 1. The van der Waals surface area contributed by atoms with E-state index in [1.54, 1.807) is 13.8 Å². The minimum Gasteiger partial charge on any atom is -0.350 e. The van der Waals surface area contributed by atoms with Crippen LogP contribution in [0.1, 0.15) is 24.2 Å². The van der Waals surface area contributed by atoms with Gasteiger partial charge in [-0.05, 0) is 19.9 Å². The molecule has 104 valence electrons. The molecule has 0 heterocycles. The van der Waals surface area contributed by atoms with Crippen molar-refractivity contribution in [1.82, 2.24) is 5.32 Å². The molecule has 1 aromatic rings. The number of nitrogens with one attached hydrogen (secondary N) is 1. The molecule has 0 aliphatic carbocycles. The summed E-state index contributed by atoms with van der Waals surface area (Å²) in [6.45, 7) is 3.41. The van der Waals surface area contributed by atoms with Crippen LogP contribution in [-0.2, 0) is 9.05 Å². The van der Waals surface area contributed by atoms with Crippen LogP contribution in [0.4, 0.5) is 5.69 Å². The number of hydrogen-bond donors (Lipinski definition) is 1. The lowest BCUT2D eigenvalue weighted by molar-refractivity contribution is -0.385. The molecular weight excluding hydrogens is 296 g/mol. The highest BCUT2D eigenvalue weighted by Crippen LogP contribution is 2.23. The summed E-state index contributed by atoms with van der Waals surface area (Å²) in [6.07, 6.45) is 0. The minimum atomic E-state index is -4.16. The summed E-state index contributed by atoms with van der Waals surface area (Å²) in [5, 5.41) is 13.2. The van der Waals surface area contributed by atoms with Gasteiger partial charge in [-0.25, -0.2) is 8.42 Å². The average Bonchev–Trinajstić information content (AvgIpc) is 2.26. The van der Waals surface area contributed by atoms with Gasteiger partial charge in [-0.15, -0.1) is 0 Å². The Morgan fingerprint density at radius 1 is 1.37 bits per heavy atom. The SMILES string of the molecule is CC(C)NC(=O)c1cc([N+](=O)[O-])cc(S(=O)(=O)Cl)c1. The normalized spacial score (nSPS) is 11.4. The van der Waals surface area contributed by atoms with Crippen molar-refractivity contribution >= 4 is 31.3 Å². The Morgan fingerprint density at radius 2 is 1.95 bits per heavy atom. The molecule has 0 aliphatic heterocycles. The second-order valence-electron chi connectivity index (χ2n) is 4.04. The number of nitrogens with zero attached hydrogens (tertiary/aromatic N) is 1. The average molecular weight is 307 g/mol. The van der Waals surface area contributed by atoms with Crippen LogP contribution < -0.4 is 5.32 Å². The molecule has 0 saturated carbocycles. The summed E-state index contributed by atoms with van der Waals surface area (Å²) in [5.41, 5.74) is -0.655. The summed E-state index contributed by atoms with van der Waals surface area (Å²) >= 11 is 0. The molecule has 19 heavy (non-hydrogen) atoms. The first kappa shape index (κ1) is 15.4. The van der Waals surface area contributed by atoms with Crippen molar-refractivity contribution < 1.29 is 18.1 Å². The second kappa shape index (κ2) is 5.54. The molecule has 0 saturated heterocycles. The van der Waals surface area contributed by atoms with E-state index < -0.39 is 30.5 Å². The van der Waals surface area contributed by atoms with Crippen molar-refractivity contribution in [3.05, 3.63) is 33.9 Å². The molecule has 1 rings (SSSR count). The Balaban J connectivity index is 3.37. The summed E-state index contributed by atoms with van der Waals surface area (Å²) in [5.74, 6) is -0.611. The predicted octanol–water partition coefficient (Wildman–Crippen LogP) is 1.66. The fourth-order valence-electron chi connectivity index (χ4n) is 1.31. The molecule has 0 radical (unpaired) electrons. The lowest BCUT2D eigenvalue weighted by Crippen LogP contribution is -2.30. The molecule has 0 atom stereocenters. The Bertz CT molecular complexity index is 627. The number of benzene rings is 1. The maximum Gasteiger partial charge on any atom is 0.271 e. The van der Waals surface area contributed by atoms with Gasteiger partial charge in [-0.2, -0.15) is 0 Å². The van der Waals surface area contributed by atoms with E-state index in [-0.39, 0.29) is 11.6 Å². The third-order valence-electron chi connectivity index (χ3n) is 2.07. The van der Waals surface area contributed by atoms with E-state index >= 15 is 0 Å². The topological polar surface area (TPSA) is 106 Å². The van der Waals surface area contributed by atoms with E-state index in [0.29, 0.717) is 0 Å². The molecule has 1 N–H and O–H groups in total. The molecule has 7 nitrogen and oxygen atoms in total. The van der Waals surface area contributed by atoms with Gasteiger partial charge in [-0.3, -0.25) is 14.9 Å². The van der Waals surface area contributed by atoms with Crippen molar-refractivity contribution in [2.75, 3.05) is 0 Å². The quantitative estimate of drug-likeness (QED) is 0.517. The number of carbonyl (C=O) groups excluding carboxylic acids is 1. The molecule has 0 aliphatic rings. The molecule has 9 heteroatoms. The molecular formula is C10H11ClN2O5S. The van der Waals surface area contributed by atoms with Gasteiger partial charge in [0, 0.05) is 34.4 Å². The van der Waals surface area contributed by atoms with Crippen LogP contribution in [0.3, 0.4) is 0 Å². The van der Waals surface area contributed by atoms with Crippen LogP contribution in [0.25, 0.3) is 0 Å². The molecule has 0 aromatic heterocycles. The Hall–Kier alpha value is -1.67. The van der Waals surface area contributed by atoms with Gasteiger partial charge in [-0.1, -0.05) is 0 Å². The third-order valence-corrected chi connectivity index (χ3v) is 3.40. The zero-order chi connectivity index (χ0) is 14.8. The lowest BCUT2D eigenvalue weighted by atomic mass is 10.2. The Kier molecular flexibility index (Phi) is 4.48. The molecule has 0 fully saturated rings. The highest BCUT2D eigenvalue weighted by atomic mass is 35.7. The second-order valence-corrected chi connectivity index (χ2v) is 6.60. The molecule has 0 spiro atoms. The monoisotopic (exact) mass is 306 g/mol. The number of amides is 1. The van der Waals surface area contributed by atoms with Crippen molar-refractivity contribution in [2.24, 2.45) is 0 Å². The van der Waals surface area contributed by atoms with E-state index in [4.69, 9.17) is 10.7 Å². The fraction of sp³-hybridized carbons (Fsp3) is 0.300. The van der Waals surface area contributed by atoms with Crippen LogP contribution in [0.2, 0.25) is 0 Å².